The van der Waals surface area contributed by atoms with Crippen LogP contribution in [0.2, 0.25) is 5.02 Å². The highest BCUT2D eigenvalue weighted by Gasteiger charge is 2.13. The molecule has 0 bridgehead atoms. The van der Waals surface area contributed by atoms with E-state index < -0.39 is 6.10 Å². The molecule has 0 saturated heterocycles. The van der Waals surface area contributed by atoms with Crippen molar-refractivity contribution >= 4 is 11.6 Å². The van der Waals surface area contributed by atoms with Gasteiger partial charge in [-0.25, -0.2) is 4.98 Å². The zero-order valence-corrected chi connectivity index (χ0v) is 12.0. The molecule has 3 rings (SSSR count). The van der Waals surface area contributed by atoms with Gasteiger partial charge < -0.3 is 9.67 Å². The second-order valence-electron chi connectivity index (χ2n) is 4.69. The fourth-order valence-corrected chi connectivity index (χ4v) is 2.39. The lowest BCUT2D eigenvalue weighted by molar-refractivity contribution is 0.157. The van der Waals surface area contributed by atoms with Gasteiger partial charge in [-0.1, -0.05) is 29.8 Å². The van der Waals surface area contributed by atoms with Gasteiger partial charge in [0.25, 0.3) is 0 Å². The third-order valence-electron chi connectivity index (χ3n) is 3.21. The van der Waals surface area contributed by atoms with Crippen molar-refractivity contribution < 1.29 is 5.11 Å². The summed E-state index contributed by atoms with van der Waals surface area (Å²) in [6, 6.07) is 12.9. The molecule has 0 unspecified atom stereocenters. The minimum absolute atomic E-state index is 0.395. The largest absolute Gasteiger partial charge is 0.387 e. The molecule has 0 spiro atoms. The van der Waals surface area contributed by atoms with E-state index in [9.17, 15) is 5.11 Å². The Hall–Kier alpha value is -2.17. The summed E-state index contributed by atoms with van der Waals surface area (Å²) in [6.07, 6.45) is 4.61. The average Bonchev–Trinajstić information content (AvgIpc) is 2.96. The van der Waals surface area contributed by atoms with Crippen molar-refractivity contribution in [2.24, 2.45) is 0 Å². The molecule has 21 heavy (non-hydrogen) atoms. The first-order chi connectivity index (χ1) is 10.2. The van der Waals surface area contributed by atoms with Gasteiger partial charge in [-0.05, 0) is 29.8 Å². The number of pyridine rings is 1. The third-order valence-corrected chi connectivity index (χ3v) is 3.45. The topological polar surface area (TPSA) is 50.9 Å². The van der Waals surface area contributed by atoms with Crippen LogP contribution in [0.3, 0.4) is 0 Å². The molecule has 2 aromatic heterocycles. The quantitative estimate of drug-likeness (QED) is 0.804. The average molecular weight is 300 g/mol. The van der Waals surface area contributed by atoms with Gasteiger partial charge in [0.15, 0.2) is 5.82 Å². The molecule has 0 aliphatic rings. The number of imidazole rings is 1. The molecule has 0 saturated carbocycles. The minimum atomic E-state index is -0.652. The molecular weight excluding hydrogens is 286 g/mol. The summed E-state index contributed by atoms with van der Waals surface area (Å²) in [4.78, 5) is 8.60. The summed E-state index contributed by atoms with van der Waals surface area (Å²) in [7, 11) is 0. The van der Waals surface area contributed by atoms with E-state index in [0.717, 1.165) is 17.1 Å². The third kappa shape index (κ3) is 3.12. The Balaban J connectivity index is 1.85. The summed E-state index contributed by atoms with van der Waals surface area (Å²) in [5, 5.41) is 11.0. The summed E-state index contributed by atoms with van der Waals surface area (Å²) in [6.45, 7) is 0.395. The predicted molar refractivity (Wildman–Crippen MR) is 81.9 cm³/mol. The van der Waals surface area contributed by atoms with Crippen LogP contribution in [0.15, 0.2) is 61.1 Å². The maximum absolute atomic E-state index is 10.4. The molecule has 0 aliphatic heterocycles. The van der Waals surface area contributed by atoms with Crippen LogP contribution in [-0.4, -0.2) is 19.6 Å². The Morgan fingerprint density at radius 3 is 2.76 bits per heavy atom. The summed E-state index contributed by atoms with van der Waals surface area (Å²) in [5.74, 6) is 0.733. The standard InChI is InChI=1S/C16H14ClN3O/c17-13-5-3-4-12(10-13)15(21)11-20-9-8-19-16(20)14-6-1-2-7-18-14/h1-10,15,21H,11H2/t15-/m1/s1. The maximum atomic E-state index is 10.4. The predicted octanol–water partition coefficient (Wildman–Crippen LogP) is 3.33. The van der Waals surface area contributed by atoms with Crippen molar-refractivity contribution in [1.29, 1.82) is 0 Å². The van der Waals surface area contributed by atoms with Crippen molar-refractivity contribution in [1.82, 2.24) is 14.5 Å². The Bertz CT molecular complexity index is 727. The highest BCUT2D eigenvalue weighted by atomic mass is 35.5. The first kappa shape index (κ1) is 13.8. The fourth-order valence-electron chi connectivity index (χ4n) is 2.19. The summed E-state index contributed by atoms with van der Waals surface area (Å²) >= 11 is 5.96. The smallest absolute Gasteiger partial charge is 0.158 e. The van der Waals surface area contributed by atoms with Crippen LogP contribution >= 0.6 is 11.6 Å². The van der Waals surface area contributed by atoms with Gasteiger partial charge in [0, 0.05) is 23.6 Å². The SMILES string of the molecule is O[C@H](Cn1ccnc1-c1ccccn1)c1cccc(Cl)c1. The Morgan fingerprint density at radius 1 is 1.10 bits per heavy atom. The lowest BCUT2D eigenvalue weighted by atomic mass is 10.1. The number of nitrogens with zero attached hydrogens (tertiary/aromatic N) is 3. The van der Waals surface area contributed by atoms with Crippen molar-refractivity contribution in [2.75, 3.05) is 0 Å². The fraction of sp³-hybridized carbons (Fsp3) is 0.125. The zero-order chi connectivity index (χ0) is 14.7. The number of aromatic nitrogens is 3. The van der Waals surface area contributed by atoms with E-state index in [2.05, 4.69) is 9.97 Å². The molecular formula is C16H14ClN3O. The lowest BCUT2D eigenvalue weighted by Gasteiger charge is -2.14. The van der Waals surface area contributed by atoms with Gasteiger partial charge in [0.2, 0.25) is 0 Å². The molecule has 0 aliphatic carbocycles. The number of aliphatic hydroxyl groups is 1. The highest BCUT2D eigenvalue weighted by Crippen LogP contribution is 2.22. The normalized spacial score (nSPS) is 12.3. The van der Waals surface area contributed by atoms with Crippen LogP contribution in [0.4, 0.5) is 0 Å². The number of halogens is 1. The van der Waals surface area contributed by atoms with Crippen molar-refractivity contribution in [3.05, 3.63) is 71.6 Å². The van der Waals surface area contributed by atoms with Gasteiger partial charge in [-0.2, -0.15) is 0 Å². The van der Waals surface area contributed by atoms with E-state index in [1.807, 2.05) is 41.1 Å². The monoisotopic (exact) mass is 299 g/mol. The molecule has 0 fully saturated rings. The van der Waals surface area contributed by atoms with Gasteiger partial charge in [-0.15, -0.1) is 0 Å². The molecule has 3 aromatic rings. The van der Waals surface area contributed by atoms with Crippen LogP contribution in [0.25, 0.3) is 11.5 Å². The first-order valence-electron chi connectivity index (χ1n) is 6.60. The Morgan fingerprint density at radius 2 is 2.00 bits per heavy atom. The maximum Gasteiger partial charge on any atom is 0.158 e. The van der Waals surface area contributed by atoms with E-state index in [4.69, 9.17) is 11.6 Å². The van der Waals surface area contributed by atoms with Gasteiger partial charge >= 0.3 is 0 Å². The van der Waals surface area contributed by atoms with E-state index in [1.54, 1.807) is 24.5 Å². The van der Waals surface area contributed by atoms with Crippen LogP contribution in [0.1, 0.15) is 11.7 Å². The van der Waals surface area contributed by atoms with Gasteiger partial charge in [0.1, 0.15) is 5.69 Å². The molecule has 2 heterocycles. The van der Waals surface area contributed by atoms with Crippen molar-refractivity contribution in [2.45, 2.75) is 12.6 Å². The molecule has 4 nitrogen and oxygen atoms in total. The minimum Gasteiger partial charge on any atom is -0.387 e. The molecule has 1 aromatic carbocycles. The molecule has 0 amide bonds. The number of benzene rings is 1. The number of hydrogen-bond acceptors (Lipinski definition) is 3. The number of rotatable bonds is 4. The Kier molecular flexibility index (Phi) is 3.99. The van der Waals surface area contributed by atoms with Crippen LogP contribution < -0.4 is 0 Å². The summed E-state index contributed by atoms with van der Waals surface area (Å²) < 4.78 is 1.88. The van der Waals surface area contributed by atoms with Gasteiger partial charge in [0.05, 0.1) is 12.6 Å². The molecule has 1 N–H and O–H groups in total. The number of hydrogen-bond donors (Lipinski definition) is 1. The molecule has 1 atom stereocenters. The van der Waals surface area contributed by atoms with Gasteiger partial charge in [-0.3, -0.25) is 4.98 Å². The highest BCUT2D eigenvalue weighted by molar-refractivity contribution is 6.30. The van der Waals surface area contributed by atoms with Crippen molar-refractivity contribution in [3.63, 3.8) is 0 Å². The molecule has 106 valence electrons. The zero-order valence-electron chi connectivity index (χ0n) is 11.2. The Labute approximate surface area is 127 Å². The second-order valence-corrected chi connectivity index (χ2v) is 5.13. The van der Waals surface area contributed by atoms with Crippen LogP contribution in [-0.2, 0) is 6.54 Å². The second kappa shape index (κ2) is 6.08. The van der Waals surface area contributed by atoms with Crippen LogP contribution in [0.5, 0.6) is 0 Å². The molecule has 5 heteroatoms. The number of aliphatic hydroxyl groups excluding tert-OH is 1. The molecule has 0 radical (unpaired) electrons. The van der Waals surface area contributed by atoms with E-state index in [0.29, 0.717) is 11.6 Å². The van der Waals surface area contributed by atoms with E-state index >= 15 is 0 Å². The first-order valence-corrected chi connectivity index (χ1v) is 6.98. The van der Waals surface area contributed by atoms with E-state index in [1.165, 1.54) is 0 Å². The lowest BCUT2D eigenvalue weighted by Crippen LogP contribution is -2.09. The van der Waals surface area contributed by atoms with Crippen LogP contribution in [0, 0.1) is 0 Å². The van der Waals surface area contributed by atoms with Crippen molar-refractivity contribution in [3.8, 4) is 11.5 Å². The summed E-state index contributed by atoms with van der Waals surface area (Å²) in [5.41, 5.74) is 1.56. The van der Waals surface area contributed by atoms with E-state index in [-0.39, 0.29) is 0 Å².